The quantitative estimate of drug-likeness (QED) is 0.559. The van der Waals surface area contributed by atoms with E-state index in [2.05, 4.69) is 10.1 Å². The van der Waals surface area contributed by atoms with Crippen molar-refractivity contribution in [1.29, 1.82) is 0 Å². The van der Waals surface area contributed by atoms with Crippen LogP contribution < -0.4 is 0 Å². The van der Waals surface area contributed by atoms with E-state index in [4.69, 9.17) is 0 Å². The van der Waals surface area contributed by atoms with Gasteiger partial charge in [-0.25, -0.2) is 18.1 Å². The zero-order valence-electron chi connectivity index (χ0n) is 19.1. The SMILES string of the molecule is O=C(c1ccc(-n2cncn2)cc1)N1CCN(S(=O)(=O)c2ccc(C3CCCCC3)cc2)CC1. The van der Waals surface area contributed by atoms with E-state index in [9.17, 15) is 13.2 Å². The van der Waals surface area contributed by atoms with Gasteiger partial charge in [0.25, 0.3) is 5.91 Å². The molecule has 2 heterocycles. The topological polar surface area (TPSA) is 88.4 Å². The number of benzene rings is 2. The van der Waals surface area contributed by atoms with Gasteiger partial charge < -0.3 is 4.90 Å². The predicted molar refractivity (Wildman–Crippen MR) is 128 cm³/mol. The average Bonchev–Trinajstić information content (AvgIpc) is 3.44. The third kappa shape index (κ3) is 4.63. The third-order valence-electron chi connectivity index (χ3n) is 6.92. The molecule has 0 spiro atoms. The monoisotopic (exact) mass is 479 g/mol. The largest absolute Gasteiger partial charge is 0.336 e. The van der Waals surface area contributed by atoms with Gasteiger partial charge in [-0.1, -0.05) is 31.4 Å². The maximum absolute atomic E-state index is 13.2. The summed E-state index contributed by atoms with van der Waals surface area (Å²) in [4.78, 5) is 18.9. The highest BCUT2D eigenvalue weighted by molar-refractivity contribution is 7.89. The van der Waals surface area contributed by atoms with Gasteiger partial charge in [0.05, 0.1) is 10.6 Å². The van der Waals surface area contributed by atoms with Gasteiger partial charge in [0.2, 0.25) is 10.0 Å². The molecule has 2 aliphatic rings. The minimum Gasteiger partial charge on any atom is -0.336 e. The van der Waals surface area contributed by atoms with Crippen LogP contribution in [-0.2, 0) is 10.0 Å². The Labute approximate surface area is 200 Å². The van der Waals surface area contributed by atoms with Crippen molar-refractivity contribution in [2.24, 2.45) is 0 Å². The molecule has 9 heteroatoms. The van der Waals surface area contributed by atoms with E-state index in [1.807, 2.05) is 24.3 Å². The summed E-state index contributed by atoms with van der Waals surface area (Å²) in [5.74, 6) is 0.448. The number of carbonyl (C=O) groups excluding carboxylic acids is 1. The second-order valence-corrected chi connectivity index (χ2v) is 10.9. The lowest BCUT2D eigenvalue weighted by Crippen LogP contribution is -2.50. The second kappa shape index (κ2) is 9.68. The maximum Gasteiger partial charge on any atom is 0.253 e. The molecule has 3 aromatic rings. The summed E-state index contributed by atoms with van der Waals surface area (Å²) in [5, 5.41) is 4.08. The molecule has 2 fully saturated rings. The van der Waals surface area contributed by atoms with Crippen LogP contribution in [0.3, 0.4) is 0 Å². The number of rotatable bonds is 5. The molecule has 8 nitrogen and oxygen atoms in total. The van der Waals surface area contributed by atoms with Crippen molar-refractivity contribution < 1.29 is 13.2 Å². The minimum absolute atomic E-state index is 0.0981. The van der Waals surface area contributed by atoms with Crippen LogP contribution in [0, 0.1) is 0 Å². The minimum atomic E-state index is -3.57. The zero-order valence-corrected chi connectivity index (χ0v) is 19.9. The smallest absolute Gasteiger partial charge is 0.253 e. The van der Waals surface area contributed by atoms with Crippen molar-refractivity contribution in [2.45, 2.75) is 42.9 Å². The molecule has 1 aliphatic carbocycles. The fourth-order valence-electron chi connectivity index (χ4n) is 4.91. The first kappa shape index (κ1) is 22.7. The van der Waals surface area contributed by atoms with E-state index in [0.29, 0.717) is 29.5 Å². The fraction of sp³-hybridized carbons (Fsp3) is 0.400. The molecule has 1 saturated heterocycles. The summed E-state index contributed by atoms with van der Waals surface area (Å²) in [5.41, 5.74) is 2.63. The van der Waals surface area contributed by atoms with Crippen molar-refractivity contribution in [1.82, 2.24) is 24.0 Å². The zero-order chi connectivity index (χ0) is 23.5. The average molecular weight is 480 g/mol. The Hall–Kier alpha value is -3.04. The molecule has 34 heavy (non-hydrogen) atoms. The molecule has 0 radical (unpaired) electrons. The molecule has 0 bridgehead atoms. The van der Waals surface area contributed by atoms with Gasteiger partial charge in [-0.05, 0) is 60.7 Å². The van der Waals surface area contributed by atoms with Gasteiger partial charge in [0.15, 0.2) is 0 Å². The van der Waals surface area contributed by atoms with Gasteiger partial charge in [-0.15, -0.1) is 0 Å². The van der Waals surface area contributed by atoms with Crippen LogP contribution in [0.5, 0.6) is 0 Å². The van der Waals surface area contributed by atoms with E-state index in [1.165, 1.54) is 48.3 Å². The van der Waals surface area contributed by atoms with Crippen LogP contribution in [0.25, 0.3) is 5.69 Å². The Bertz CT molecular complexity index is 1210. The fourth-order valence-corrected chi connectivity index (χ4v) is 6.33. The van der Waals surface area contributed by atoms with Gasteiger partial charge in [0, 0.05) is 31.7 Å². The van der Waals surface area contributed by atoms with Crippen molar-refractivity contribution in [2.75, 3.05) is 26.2 Å². The lowest BCUT2D eigenvalue weighted by Gasteiger charge is -2.34. The van der Waals surface area contributed by atoms with Gasteiger partial charge in [-0.2, -0.15) is 9.40 Å². The number of aromatic nitrogens is 3. The molecular formula is C25H29N5O3S. The Morgan fingerprint density at radius 2 is 1.53 bits per heavy atom. The van der Waals surface area contributed by atoms with E-state index in [1.54, 1.807) is 40.2 Å². The molecule has 0 atom stereocenters. The van der Waals surface area contributed by atoms with E-state index in [0.717, 1.165) is 5.69 Å². The summed E-state index contributed by atoms with van der Waals surface area (Å²) in [7, 11) is -3.57. The van der Waals surface area contributed by atoms with Crippen molar-refractivity contribution in [3.63, 3.8) is 0 Å². The Morgan fingerprint density at radius 3 is 2.15 bits per heavy atom. The van der Waals surface area contributed by atoms with Crippen LogP contribution >= 0.6 is 0 Å². The molecule has 1 saturated carbocycles. The lowest BCUT2D eigenvalue weighted by molar-refractivity contribution is 0.0698. The Morgan fingerprint density at radius 1 is 0.853 bits per heavy atom. The lowest BCUT2D eigenvalue weighted by atomic mass is 9.84. The molecule has 1 aromatic heterocycles. The molecule has 1 aliphatic heterocycles. The number of hydrogen-bond acceptors (Lipinski definition) is 5. The van der Waals surface area contributed by atoms with Crippen LogP contribution in [0.4, 0.5) is 0 Å². The Balaban J connectivity index is 1.20. The molecule has 178 valence electrons. The standard InChI is InChI=1S/C25H29N5O3S/c31-25(22-6-10-23(11-7-22)30-19-26-18-27-30)28-14-16-29(17-15-28)34(32,33)24-12-8-21(9-13-24)20-4-2-1-3-5-20/h6-13,18-20H,1-5,14-17H2. The first-order valence-corrected chi connectivity index (χ1v) is 13.3. The summed E-state index contributed by atoms with van der Waals surface area (Å²) in [6, 6.07) is 14.6. The summed E-state index contributed by atoms with van der Waals surface area (Å²) in [6.45, 7) is 1.30. The van der Waals surface area contributed by atoms with Crippen LogP contribution in [0.1, 0.15) is 53.9 Å². The van der Waals surface area contributed by atoms with Crippen LogP contribution in [0.2, 0.25) is 0 Å². The van der Waals surface area contributed by atoms with Crippen molar-refractivity contribution >= 4 is 15.9 Å². The molecule has 5 rings (SSSR count). The van der Waals surface area contributed by atoms with E-state index < -0.39 is 10.0 Å². The highest BCUT2D eigenvalue weighted by Gasteiger charge is 2.30. The number of amides is 1. The molecule has 2 aromatic carbocycles. The number of carbonyl (C=O) groups is 1. The first-order valence-electron chi connectivity index (χ1n) is 11.9. The second-order valence-electron chi connectivity index (χ2n) is 8.99. The van der Waals surface area contributed by atoms with Gasteiger partial charge in [-0.3, -0.25) is 4.79 Å². The van der Waals surface area contributed by atoms with Gasteiger partial charge in [0.1, 0.15) is 12.7 Å². The maximum atomic E-state index is 13.2. The molecular weight excluding hydrogens is 450 g/mol. The number of nitrogens with zero attached hydrogens (tertiary/aromatic N) is 5. The summed E-state index contributed by atoms with van der Waals surface area (Å²) >= 11 is 0. The number of hydrogen-bond donors (Lipinski definition) is 0. The number of piperazine rings is 1. The van der Waals surface area contributed by atoms with Crippen LogP contribution in [-0.4, -0.2) is 64.5 Å². The third-order valence-corrected chi connectivity index (χ3v) is 8.83. The summed E-state index contributed by atoms with van der Waals surface area (Å²) < 4.78 is 29.5. The molecule has 0 N–H and O–H groups in total. The summed E-state index contributed by atoms with van der Waals surface area (Å²) in [6.07, 6.45) is 9.22. The van der Waals surface area contributed by atoms with Crippen molar-refractivity contribution in [3.8, 4) is 5.69 Å². The Kier molecular flexibility index (Phi) is 6.47. The normalized spacial score (nSPS) is 18.2. The number of sulfonamides is 1. The van der Waals surface area contributed by atoms with Gasteiger partial charge >= 0.3 is 0 Å². The molecule has 0 unspecified atom stereocenters. The highest BCUT2D eigenvalue weighted by Crippen LogP contribution is 2.33. The molecule has 1 amide bonds. The van der Waals surface area contributed by atoms with E-state index >= 15 is 0 Å². The van der Waals surface area contributed by atoms with Crippen LogP contribution in [0.15, 0.2) is 66.1 Å². The predicted octanol–water partition coefficient (Wildman–Crippen LogP) is 3.46. The first-order chi connectivity index (χ1) is 16.5. The van der Waals surface area contributed by atoms with Crippen molar-refractivity contribution in [3.05, 3.63) is 72.3 Å². The highest BCUT2D eigenvalue weighted by atomic mass is 32.2. The van der Waals surface area contributed by atoms with E-state index in [-0.39, 0.29) is 19.0 Å².